The van der Waals surface area contributed by atoms with Crippen LogP contribution in [0.2, 0.25) is 0 Å². The highest BCUT2D eigenvalue weighted by molar-refractivity contribution is 7.71. The van der Waals surface area contributed by atoms with Gasteiger partial charge in [0.1, 0.15) is 18.1 Å². The van der Waals surface area contributed by atoms with E-state index in [4.69, 9.17) is 26.1 Å². The van der Waals surface area contributed by atoms with Gasteiger partial charge >= 0.3 is 0 Å². The number of rotatable bonds is 8. The monoisotopic (exact) mass is 426 g/mol. The molecule has 0 unspecified atom stereocenters. The van der Waals surface area contributed by atoms with E-state index in [0.717, 1.165) is 49.8 Å². The Morgan fingerprint density at radius 1 is 0.933 bits per heavy atom. The summed E-state index contributed by atoms with van der Waals surface area (Å²) in [6.45, 7) is 6.16. The Kier molecular flexibility index (Phi) is 6.78. The fourth-order valence-electron chi connectivity index (χ4n) is 3.40. The third kappa shape index (κ3) is 5.27. The minimum atomic E-state index is 0.388. The van der Waals surface area contributed by atoms with Crippen molar-refractivity contribution in [3.8, 4) is 23.0 Å². The van der Waals surface area contributed by atoms with Crippen molar-refractivity contribution in [2.45, 2.75) is 6.67 Å². The highest BCUT2D eigenvalue weighted by atomic mass is 32.1. The molecule has 3 aromatic rings. The summed E-state index contributed by atoms with van der Waals surface area (Å²) in [6, 6.07) is 17.5. The molecule has 1 saturated heterocycles. The van der Waals surface area contributed by atoms with E-state index >= 15 is 0 Å². The predicted octanol–water partition coefficient (Wildman–Crippen LogP) is 3.54. The summed E-state index contributed by atoms with van der Waals surface area (Å²) in [7, 11) is 1.64. The minimum Gasteiger partial charge on any atom is -0.497 e. The van der Waals surface area contributed by atoms with E-state index in [-0.39, 0.29) is 0 Å². The molecular weight excluding hydrogens is 400 g/mol. The number of piperazine rings is 1. The maximum atomic E-state index is 5.80. The molecule has 2 heterocycles. The molecule has 4 rings (SSSR count). The van der Waals surface area contributed by atoms with Crippen LogP contribution in [0.3, 0.4) is 0 Å². The van der Waals surface area contributed by atoms with Gasteiger partial charge in [0.05, 0.1) is 13.8 Å². The second-order valence-electron chi connectivity index (χ2n) is 7.16. The van der Waals surface area contributed by atoms with E-state index < -0.39 is 0 Å². The van der Waals surface area contributed by atoms with Crippen LogP contribution in [0.1, 0.15) is 0 Å². The Balaban J connectivity index is 1.25. The Bertz CT molecular complexity index is 980. The quantitative estimate of drug-likeness (QED) is 0.511. The fraction of sp³-hybridized carbons (Fsp3) is 0.364. The van der Waals surface area contributed by atoms with Crippen LogP contribution in [0.15, 0.2) is 59.0 Å². The maximum Gasteiger partial charge on any atom is 0.288 e. The van der Waals surface area contributed by atoms with Crippen LogP contribution in [0, 0.1) is 4.84 Å². The third-order valence-corrected chi connectivity index (χ3v) is 5.46. The van der Waals surface area contributed by atoms with E-state index in [1.807, 2.05) is 54.6 Å². The molecule has 0 N–H and O–H groups in total. The molecule has 0 radical (unpaired) electrons. The number of benzene rings is 2. The molecule has 2 aromatic carbocycles. The van der Waals surface area contributed by atoms with E-state index in [0.29, 0.717) is 24.0 Å². The molecule has 1 aromatic heterocycles. The average molecular weight is 427 g/mol. The van der Waals surface area contributed by atoms with E-state index in [9.17, 15) is 0 Å². The van der Waals surface area contributed by atoms with Crippen molar-refractivity contribution in [1.82, 2.24) is 19.6 Å². The number of aromatic nitrogens is 2. The molecule has 158 valence electrons. The van der Waals surface area contributed by atoms with Gasteiger partial charge in [0, 0.05) is 38.3 Å². The van der Waals surface area contributed by atoms with Crippen molar-refractivity contribution < 1.29 is 13.9 Å². The predicted molar refractivity (Wildman–Crippen MR) is 117 cm³/mol. The first-order chi connectivity index (χ1) is 14.7. The highest BCUT2D eigenvalue weighted by Crippen LogP contribution is 2.21. The largest absolute Gasteiger partial charge is 0.497 e. The number of methoxy groups -OCH3 is 1. The fourth-order valence-corrected chi connectivity index (χ4v) is 3.58. The van der Waals surface area contributed by atoms with Gasteiger partial charge in [-0.3, -0.25) is 9.80 Å². The van der Waals surface area contributed by atoms with Gasteiger partial charge in [-0.15, -0.1) is 5.10 Å². The Labute approximate surface area is 181 Å². The van der Waals surface area contributed by atoms with Gasteiger partial charge in [-0.05, 0) is 48.6 Å². The first kappa shape index (κ1) is 20.6. The average Bonchev–Trinajstić information content (AvgIpc) is 3.16. The minimum absolute atomic E-state index is 0.388. The normalized spacial score (nSPS) is 15.2. The van der Waals surface area contributed by atoms with Gasteiger partial charge in [-0.1, -0.05) is 18.2 Å². The van der Waals surface area contributed by atoms with Crippen molar-refractivity contribution in [3.05, 3.63) is 59.4 Å². The zero-order valence-corrected chi connectivity index (χ0v) is 17.9. The molecular formula is C22H26N4O3S. The standard InChI is InChI=1S/C22H26N4O3S/c1-27-19-9-7-18(8-10-19)21-23-26(22(30)29-21)17-25-13-11-24(12-14-25)15-16-28-20-5-3-2-4-6-20/h2-10H,11-17H2,1H3. The Morgan fingerprint density at radius 2 is 1.63 bits per heavy atom. The summed E-state index contributed by atoms with van der Waals surface area (Å²) in [5, 5.41) is 4.56. The molecule has 0 atom stereocenters. The molecule has 0 bridgehead atoms. The van der Waals surface area contributed by atoms with Crippen LogP contribution in [-0.2, 0) is 6.67 Å². The molecule has 0 amide bonds. The molecule has 8 heteroatoms. The summed E-state index contributed by atoms with van der Waals surface area (Å²) in [6.07, 6.45) is 0. The first-order valence-electron chi connectivity index (χ1n) is 10.1. The Hall–Kier alpha value is -2.68. The number of nitrogens with zero attached hydrogens (tertiary/aromatic N) is 4. The summed E-state index contributed by atoms with van der Waals surface area (Å²) in [4.78, 5) is 5.15. The van der Waals surface area contributed by atoms with Gasteiger partial charge in [0.15, 0.2) is 0 Å². The van der Waals surface area contributed by atoms with Crippen molar-refractivity contribution in [1.29, 1.82) is 0 Å². The van der Waals surface area contributed by atoms with Gasteiger partial charge in [0.25, 0.3) is 4.84 Å². The van der Waals surface area contributed by atoms with Gasteiger partial charge in [-0.2, -0.15) is 0 Å². The van der Waals surface area contributed by atoms with Crippen LogP contribution < -0.4 is 9.47 Å². The van der Waals surface area contributed by atoms with Crippen LogP contribution >= 0.6 is 12.2 Å². The number of ether oxygens (including phenoxy) is 2. The summed E-state index contributed by atoms with van der Waals surface area (Å²) in [5.74, 6) is 2.24. The molecule has 0 saturated carbocycles. The van der Waals surface area contributed by atoms with Crippen molar-refractivity contribution in [3.63, 3.8) is 0 Å². The van der Waals surface area contributed by atoms with Crippen molar-refractivity contribution >= 4 is 12.2 Å². The lowest BCUT2D eigenvalue weighted by atomic mass is 10.2. The third-order valence-electron chi connectivity index (χ3n) is 5.16. The van der Waals surface area contributed by atoms with Gasteiger partial charge < -0.3 is 13.9 Å². The summed E-state index contributed by atoms with van der Waals surface area (Å²) in [5.41, 5.74) is 0.879. The number of hydrogen-bond acceptors (Lipinski definition) is 7. The van der Waals surface area contributed by atoms with Crippen molar-refractivity contribution in [2.24, 2.45) is 0 Å². The molecule has 1 aliphatic heterocycles. The lowest BCUT2D eigenvalue weighted by Crippen LogP contribution is -2.47. The van der Waals surface area contributed by atoms with Crippen molar-refractivity contribution in [2.75, 3.05) is 46.4 Å². The lowest BCUT2D eigenvalue weighted by Gasteiger charge is -2.34. The molecule has 0 aliphatic carbocycles. The Morgan fingerprint density at radius 3 is 2.33 bits per heavy atom. The second kappa shape index (κ2) is 9.88. The molecule has 0 spiro atoms. The molecule has 1 aliphatic rings. The first-order valence-corrected chi connectivity index (χ1v) is 10.5. The molecule has 30 heavy (non-hydrogen) atoms. The zero-order chi connectivity index (χ0) is 20.8. The second-order valence-corrected chi connectivity index (χ2v) is 7.51. The van der Waals surface area contributed by atoms with Gasteiger partial charge in [-0.25, -0.2) is 4.68 Å². The number of para-hydroxylation sites is 1. The topological polar surface area (TPSA) is 55.9 Å². The zero-order valence-electron chi connectivity index (χ0n) is 17.1. The van der Waals surface area contributed by atoms with Crippen LogP contribution in [0.25, 0.3) is 11.5 Å². The van der Waals surface area contributed by atoms with Crippen LogP contribution in [0.4, 0.5) is 0 Å². The molecule has 7 nitrogen and oxygen atoms in total. The lowest BCUT2D eigenvalue weighted by molar-refractivity contribution is 0.0915. The van der Waals surface area contributed by atoms with Crippen LogP contribution in [0.5, 0.6) is 11.5 Å². The summed E-state index contributed by atoms with van der Waals surface area (Å²) < 4.78 is 18.5. The smallest absolute Gasteiger partial charge is 0.288 e. The highest BCUT2D eigenvalue weighted by Gasteiger charge is 2.18. The van der Waals surface area contributed by atoms with E-state index in [1.54, 1.807) is 11.8 Å². The molecule has 1 fully saturated rings. The van der Waals surface area contributed by atoms with E-state index in [1.165, 1.54) is 0 Å². The number of hydrogen-bond donors (Lipinski definition) is 0. The summed E-state index contributed by atoms with van der Waals surface area (Å²) >= 11 is 5.37. The van der Waals surface area contributed by atoms with Gasteiger partial charge in [0.2, 0.25) is 5.89 Å². The SMILES string of the molecule is COc1ccc(-c2nn(CN3CCN(CCOc4ccccc4)CC3)c(=S)o2)cc1. The maximum absolute atomic E-state index is 5.80. The van der Waals surface area contributed by atoms with E-state index in [2.05, 4.69) is 14.9 Å². The van der Waals surface area contributed by atoms with Crippen LogP contribution in [-0.4, -0.2) is 66.0 Å².